The van der Waals surface area contributed by atoms with Crippen molar-refractivity contribution in [3.05, 3.63) is 45.7 Å². The topological polar surface area (TPSA) is 56.8 Å². The van der Waals surface area contributed by atoms with E-state index in [1.54, 1.807) is 26.0 Å². The van der Waals surface area contributed by atoms with E-state index in [0.717, 1.165) is 6.08 Å². The Balaban J connectivity index is 2.44. The number of hydrogen-bond acceptors (Lipinski definition) is 3. The van der Waals surface area contributed by atoms with E-state index in [1.807, 2.05) is 6.07 Å². The van der Waals surface area contributed by atoms with Crippen LogP contribution in [-0.2, 0) is 4.74 Å². The molecule has 0 N–H and O–H groups in total. The summed E-state index contributed by atoms with van der Waals surface area (Å²) in [5.74, 6) is -0.577. The Labute approximate surface area is 136 Å². The summed E-state index contributed by atoms with van der Waals surface area (Å²) in [5.41, 5.74) is -1.29. The van der Waals surface area contributed by atoms with Crippen LogP contribution in [0.1, 0.15) is 20.3 Å². The van der Waals surface area contributed by atoms with Crippen molar-refractivity contribution in [2.45, 2.75) is 32.0 Å². The molecule has 0 aromatic heterocycles. The number of allylic oxidation sites excluding steroid dienone is 5. The van der Waals surface area contributed by atoms with Crippen molar-refractivity contribution in [2.24, 2.45) is 5.92 Å². The molecule has 0 aromatic carbocycles. The number of rotatable bonds is 1. The fourth-order valence-corrected chi connectivity index (χ4v) is 3.02. The standard InChI is InChI=1S/C16H12ClF3N2O/c1-9-11(8-22)14(5-6-21)23-15(9,2)10-3-4-13(17)12(7-10)16(18,19)20/h3-5,10H,7H2,1-2H3/b14-5+. The predicted octanol–water partition coefficient (Wildman–Crippen LogP) is 4.65. The monoisotopic (exact) mass is 340 g/mol. The van der Waals surface area contributed by atoms with Gasteiger partial charge in [0.25, 0.3) is 0 Å². The number of halogens is 4. The van der Waals surface area contributed by atoms with E-state index < -0.39 is 23.3 Å². The van der Waals surface area contributed by atoms with Gasteiger partial charge in [0, 0.05) is 11.0 Å². The van der Waals surface area contributed by atoms with Gasteiger partial charge in [-0.3, -0.25) is 0 Å². The molecule has 0 aromatic rings. The van der Waals surface area contributed by atoms with Gasteiger partial charge in [0.05, 0.1) is 23.3 Å². The molecule has 7 heteroatoms. The SMILES string of the molecule is CC1=C(C#N)/C(=C\C#N)OC1(C)C1C=CC(Cl)=C(C(F)(F)F)C1. The van der Waals surface area contributed by atoms with Crippen LogP contribution in [-0.4, -0.2) is 11.8 Å². The highest BCUT2D eigenvalue weighted by atomic mass is 35.5. The van der Waals surface area contributed by atoms with Crippen LogP contribution in [0, 0.1) is 28.6 Å². The fraction of sp³-hybridized carbons (Fsp3) is 0.375. The molecule has 2 aliphatic rings. The largest absolute Gasteiger partial charge is 0.480 e. The van der Waals surface area contributed by atoms with Crippen LogP contribution in [0.4, 0.5) is 13.2 Å². The molecule has 0 saturated carbocycles. The van der Waals surface area contributed by atoms with Crippen molar-refractivity contribution in [2.75, 3.05) is 0 Å². The Morgan fingerprint density at radius 1 is 1.43 bits per heavy atom. The molecule has 0 amide bonds. The molecule has 2 rings (SSSR count). The van der Waals surface area contributed by atoms with Crippen molar-refractivity contribution < 1.29 is 17.9 Å². The average Bonchev–Trinajstić information content (AvgIpc) is 2.70. The van der Waals surface area contributed by atoms with E-state index in [-0.39, 0.29) is 22.8 Å². The van der Waals surface area contributed by atoms with Gasteiger partial charge in [-0.2, -0.15) is 23.7 Å². The average molecular weight is 341 g/mol. The summed E-state index contributed by atoms with van der Waals surface area (Å²) in [6, 6.07) is 3.72. The third-order valence-corrected chi connectivity index (χ3v) is 4.59. The molecule has 1 aliphatic heterocycles. The van der Waals surface area contributed by atoms with Gasteiger partial charge in [-0.25, -0.2) is 0 Å². The third kappa shape index (κ3) is 2.87. The van der Waals surface area contributed by atoms with Crippen molar-refractivity contribution in [3.8, 4) is 12.1 Å². The Hall–Kier alpha value is -2.18. The molecule has 0 saturated heterocycles. The van der Waals surface area contributed by atoms with Gasteiger partial charge in [-0.15, -0.1) is 0 Å². The van der Waals surface area contributed by atoms with Crippen LogP contribution in [0.2, 0.25) is 0 Å². The third-order valence-electron chi connectivity index (χ3n) is 4.23. The Morgan fingerprint density at radius 3 is 2.61 bits per heavy atom. The summed E-state index contributed by atoms with van der Waals surface area (Å²) < 4.78 is 44.9. The number of alkyl halides is 3. The molecular formula is C16H12ClF3N2O. The zero-order valence-corrected chi connectivity index (χ0v) is 13.1. The van der Waals surface area contributed by atoms with Gasteiger partial charge in [-0.05, 0) is 31.9 Å². The maximum atomic E-state index is 13.1. The smallest absolute Gasteiger partial charge is 0.414 e. The van der Waals surface area contributed by atoms with E-state index in [0.29, 0.717) is 5.57 Å². The maximum absolute atomic E-state index is 13.1. The van der Waals surface area contributed by atoms with Gasteiger partial charge in [0.15, 0.2) is 0 Å². The Kier molecular flexibility index (Phi) is 4.32. The zero-order valence-electron chi connectivity index (χ0n) is 12.3. The van der Waals surface area contributed by atoms with E-state index in [1.165, 1.54) is 6.08 Å². The fourth-order valence-electron chi connectivity index (χ4n) is 2.76. The molecule has 120 valence electrons. The summed E-state index contributed by atoms with van der Waals surface area (Å²) >= 11 is 5.67. The second kappa shape index (κ2) is 5.79. The van der Waals surface area contributed by atoms with Gasteiger partial charge >= 0.3 is 6.18 Å². The maximum Gasteiger partial charge on any atom is 0.414 e. The molecule has 1 heterocycles. The number of nitrogens with zero attached hydrogens (tertiary/aromatic N) is 2. The van der Waals surface area contributed by atoms with Crippen LogP contribution >= 0.6 is 11.6 Å². The minimum atomic E-state index is -4.53. The van der Waals surface area contributed by atoms with Crippen LogP contribution in [0.15, 0.2) is 45.7 Å². The van der Waals surface area contributed by atoms with E-state index >= 15 is 0 Å². The molecule has 0 fully saturated rings. The summed E-state index contributed by atoms with van der Waals surface area (Å²) in [5, 5.41) is 17.6. The molecule has 0 radical (unpaired) electrons. The van der Waals surface area contributed by atoms with Crippen LogP contribution in [0.25, 0.3) is 0 Å². The van der Waals surface area contributed by atoms with Crippen LogP contribution in [0.3, 0.4) is 0 Å². The molecule has 0 spiro atoms. The first-order valence-corrected chi connectivity index (χ1v) is 7.07. The van der Waals surface area contributed by atoms with Crippen molar-refractivity contribution in [3.63, 3.8) is 0 Å². The number of hydrogen-bond donors (Lipinski definition) is 0. The van der Waals surface area contributed by atoms with Crippen molar-refractivity contribution in [1.29, 1.82) is 10.5 Å². The molecule has 23 heavy (non-hydrogen) atoms. The zero-order chi connectivity index (χ0) is 17.4. The van der Waals surface area contributed by atoms with Gasteiger partial charge in [0.1, 0.15) is 17.4 Å². The lowest BCUT2D eigenvalue weighted by Crippen LogP contribution is -2.37. The summed E-state index contributed by atoms with van der Waals surface area (Å²) in [6.45, 7) is 3.23. The molecule has 2 atom stereocenters. The highest BCUT2D eigenvalue weighted by Gasteiger charge is 2.48. The highest BCUT2D eigenvalue weighted by molar-refractivity contribution is 6.31. The molecular weight excluding hydrogens is 329 g/mol. The lowest BCUT2D eigenvalue weighted by atomic mass is 9.77. The lowest BCUT2D eigenvalue weighted by molar-refractivity contribution is -0.0977. The van der Waals surface area contributed by atoms with Crippen molar-refractivity contribution in [1.82, 2.24) is 0 Å². The quantitative estimate of drug-likeness (QED) is 0.653. The van der Waals surface area contributed by atoms with E-state index in [4.69, 9.17) is 21.6 Å². The second-order valence-corrected chi connectivity index (χ2v) is 5.86. The minimum absolute atomic E-state index is 0.0811. The molecule has 3 nitrogen and oxygen atoms in total. The minimum Gasteiger partial charge on any atom is -0.480 e. The number of nitriles is 2. The van der Waals surface area contributed by atoms with Gasteiger partial charge < -0.3 is 4.74 Å². The molecule has 2 unspecified atom stereocenters. The van der Waals surface area contributed by atoms with E-state index in [2.05, 4.69) is 0 Å². The van der Waals surface area contributed by atoms with Crippen molar-refractivity contribution >= 4 is 11.6 Å². The molecule has 1 aliphatic carbocycles. The summed E-state index contributed by atoms with van der Waals surface area (Å²) in [6.07, 6.45) is -1.06. The normalized spacial score (nSPS) is 29.6. The van der Waals surface area contributed by atoms with E-state index in [9.17, 15) is 18.4 Å². The first kappa shape index (κ1) is 17.2. The Morgan fingerprint density at radius 2 is 2.09 bits per heavy atom. The summed E-state index contributed by atoms with van der Waals surface area (Å²) in [4.78, 5) is 0. The lowest BCUT2D eigenvalue weighted by Gasteiger charge is -2.35. The second-order valence-electron chi connectivity index (χ2n) is 5.45. The predicted molar refractivity (Wildman–Crippen MR) is 77.7 cm³/mol. The van der Waals surface area contributed by atoms with Gasteiger partial charge in [-0.1, -0.05) is 17.7 Å². The first-order chi connectivity index (χ1) is 10.6. The highest BCUT2D eigenvalue weighted by Crippen LogP contribution is 2.49. The van der Waals surface area contributed by atoms with Crippen LogP contribution in [0.5, 0.6) is 0 Å². The van der Waals surface area contributed by atoms with Crippen LogP contribution < -0.4 is 0 Å². The Bertz CT molecular complexity index is 747. The molecule has 0 bridgehead atoms. The number of ether oxygens (including phenoxy) is 1. The summed E-state index contributed by atoms with van der Waals surface area (Å²) in [7, 11) is 0. The first-order valence-electron chi connectivity index (χ1n) is 6.69. The van der Waals surface area contributed by atoms with Gasteiger partial charge in [0.2, 0.25) is 0 Å².